The van der Waals surface area contributed by atoms with Crippen LogP contribution in [0.15, 0.2) is 79.2 Å². The van der Waals surface area contributed by atoms with Crippen LogP contribution in [-0.4, -0.2) is 49.0 Å². The van der Waals surface area contributed by atoms with Gasteiger partial charge in [0.05, 0.1) is 24.0 Å². The largest absolute Gasteiger partial charge is 0.363 e. The maximum absolute atomic E-state index is 12.8. The Labute approximate surface area is 190 Å². The van der Waals surface area contributed by atoms with Crippen LogP contribution in [0.1, 0.15) is 28.0 Å². The van der Waals surface area contributed by atoms with Crippen LogP contribution in [0.4, 0.5) is 5.69 Å². The molecule has 4 aromatic rings. The minimum absolute atomic E-state index is 0.0468. The first-order valence-corrected chi connectivity index (χ1v) is 11.0. The highest BCUT2D eigenvalue weighted by atomic mass is 16.2. The van der Waals surface area contributed by atoms with E-state index in [1.54, 1.807) is 24.5 Å². The number of fused-ring (bicyclic) bond motifs is 2. The van der Waals surface area contributed by atoms with Gasteiger partial charge in [0.15, 0.2) is 0 Å². The number of pyridine rings is 1. The number of carbonyl (C=O) groups excluding carboxylic acids is 1. The van der Waals surface area contributed by atoms with Crippen LogP contribution in [0.2, 0.25) is 0 Å². The molecule has 1 amide bonds. The van der Waals surface area contributed by atoms with Gasteiger partial charge in [-0.3, -0.25) is 14.9 Å². The lowest BCUT2D eigenvalue weighted by atomic mass is 10.1. The molecule has 0 bridgehead atoms. The topological polar surface area (TPSA) is 92.9 Å². The Morgan fingerprint density at radius 1 is 1.12 bits per heavy atom. The van der Waals surface area contributed by atoms with E-state index in [9.17, 15) is 4.79 Å². The lowest BCUT2D eigenvalue weighted by Gasteiger charge is -2.34. The van der Waals surface area contributed by atoms with Crippen molar-refractivity contribution in [1.82, 2.24) is 30.0 Å². The fourth-order valence-electron chi connectivity index (χ4n) is 4.47. The number of amides is 1. The molecular formula is C25H23N7O. The average Bonchev–Trinajstić information content (AvgIpc) is 3.53. The minimum Gasteiger partial charge on any atom is -0.363 e. The van der Waals surface area contributed by atoms with Gasteiger partial charge in [-0.1, -0.05) is 0 Å². The second-order valence-corrected chi connectivity index (χ2v) is 8.27. The molecule has 3 aromatic heterocycles. The molecule has 8 heteroatoms. The number of aromatic nitrogens is 4. The molecular weight excluding hydrogens is 414 g/mol. The fraction of sp³-hybridized carbons (Fsp3) is 0.160. The molecule has 5 heterocycles. The van der Waals surface area contributed by atoms with Crippen LogP contribution >= 0.6 is 0 Å². The molecule has 2 aliphatic heterocycles. The molecule has 0 saturated heterocycles. The fourth-order valence-corrected chi connectivity index (χ4v) is 4.47. The summed E-state index contributed by atoms with van der Waals surface area (Å²) in [5.74, 6) is 0.0468. The number of hydrogen-bond donors (Lipinski definition) is 3. The van der Waals surface area contributed by atoms with Gasteiger partial charge in [0.2, 0.25) is 0 Å². The van der Waals surface area contributed by atoms with E-state index in [1.165, 1.54) is 17.0 Å². The summed E-state index contributed by atoms with van der Waals surface area (Å²) in [4.78, 5) is 24.3. The Kier molecular flexibility index (Phi) is 4.68. The summed E-state index contributed by atoms with van der Waals surface area (Å²) < 4.78 is 0. The van der Waals surface area contributed by atoms with E-state index >= 15 is 0 Å². The quantitative estimate of drug-likeness (QED) is 0.450. The maximum Gasteiger partial charge on any atom is 0.254 e. The smallest absolute Gasteiger partial charge is 0.254 e. The summed E-state index contributed by atoms with van der Waals surface area (Å²) in [6, 6.07) is 11.8. The lowest BCUT2D eigenvalue weighted by molar-refractivity contribution is 0.0763. The lowest BCUT2D eigenvalue weighted by Crippen LogP contribution is -2.37. The third-order valence-corrected chi connectivity index (χ3v) is 6.22. The van der Waals surface area contributed by atoms with Gasteiger partial charge >= 0.3 is 0 Å². The summed E-state index contributed by atoms with van der Waals surface area (Å²) in [5.41, 5.74) is 7.30. The molecule has 0 unspecified atom stereocenters. The van der Waals surface area contributed by atoms with Crippen molar-refractivity contribution in [3.8, 4) is 0 Å². The predicted molar refractivity (Wildman–Crippen MR) is 127 cm³/mol. The number of hydrogen-bond acceptors (Lipinski definition) is 5. The van der Waals surface area contributed by atoms with Gasteiger partial charge in [-0.25, -0.2) is 0 Å². The Morgan fingerprint density at radius 3 is 2.88 bits per heavy atom. The van der Waals surface area contributed by atoms with Gasteiger partial charge in [-0.2, -0.15) is 5.10 Å². The molecule has 1 aromatic carbocycles. The number of nitrogens with zero attached hydrogens (tertiary/aromatic N) is 4. The summed E-state index contributed by atoms with van der Waals surface area (Å²) in [6.07, 6.45) is 12.2. The molecule has 0 spiro atoms. The zero-order valence-electron chi connectivity index (χ0n) is 18.0. The standard InChI is InChI=1S/C25H23N7O/c33-25(17-3-8-26-9-4-17)31-11-6-20(7-12-31)32-15-23-21(5-10-27-23)24(16-32)29-19-1-2-22-18(13-19)14-28-30-22/h1-6,8-10,13-14,16,27,29H,7,11-12,15H2,(H,28,30). The van der Waals surface area contributed by atoms with Crippen molar-refractivity contribution in [2.75, 3.05) is 18.4 Å². The SMILES string of the molecule is O=C(c1ccncc1)N1CC=C(N2C=C(Nc3ccc4[nH]ncc4c3)c3cc[nH]c3C2)CC1. The Hall–Kier alpha value is -4.33. The van der Waals surface area contributed by atoms with Crippen LogP contribution < -0.4 is 5.32 Å². The number of anilines is 1. The maximum atomic E-state index is 12.8. The van der Waals surface area contributed by atoms with Crippen LogP contribution in [0, 0.1) is 0 Å². The third kappa shape index (κ3) is 3.65. The number of aromatic amines is 2. The molecule has 8 nitrogen and oxygen atoms in total. The highest BCUT2D eigenvalue weighted by Gasteiger charge is 2.25. The zero-order valence-corrected chi connectivity index (χ0v) is 18.0. The minimum atomic E-state index is 0.0468. The van der Waals surface area contributed by atoms with E-state index in [-0.39, 0.29) is 5.91 Å². The molecule has 6 rings (SSSR count). The number of nitrogens with one attached hydrogen (secondary N) is 3. The van der Waals surface area contributed by atoms with Crippen molar-refractivity contribution in [3.05, 3.63) is 96.0 Å². The molecule has 2 aliphatic rings. The van der Waals surface area contributed by atoms with Crippen LogP contribution in [-0.2, 0) is 6.54 Å². The number of benzene rings is 1. The van der Waals surface area contributed by atoms with E-state index in [4.69, 9.17) is 0 Å². The van der Waals surface area contributed by atoms with Gasteiger partial charge in [0, 0.05) is 77.9 Å². The molecule has 0 saturated carbocycles. The van der Waals surface area contributed by atoms with Crippen LogP contribution in [0.3, 0.4) is 0 Å². The van der Waals surface area contributed by atoms with Crippen molar-refractivity contribution in [2.45, 2.75) is 13.0 Å². The highest BCUT2D eigenvalue weighted by Crippen LogP contribution is 2.31. The summed E-state index contributed by atoms with van der Waals surface area (Å²) in [7, 11) is 0. The first-order chi connectivity index (χ1) is 16.2. The monoisotopic (exact) mass is 437 g/mol. The Balaban J connectivity index is 1.23. The van der Waals surface area contributed by atoms with E-state index in [2.05, 4.69) is 60.9 Å². The molecule has 0 aliphatic carbocycles. The Bertz CT molecular complexity index is 1380. The normalized spacial score (nSPS) is 15.8. The summed E-state index contributed by atoms with van der Waals surface area (Å²) in [5, 5.41) is 11.7. The van der Waals surface area contributed by atoms with E-state index in [0.29, 0.717) is 18.7 Å². The zero-order chi connectivity index (χ0) is 22.2. The number of rotatable bonds is 4. The van der Waals surface area contributed by atoms with Gasteiger partial charge < -0.3 is 20.1 Å². The predicted octanol–water partition coefficient (Wildman–Crippen LogP) is 3.94. The van der Waals surface area contributed by atoms with E-state index in [1.807, 2.05) is 23.4 Å². The second kappa shape index (κ2) is 7.98. The molecule has 0 radical (unpaired) electrons. The van der Waals surface area contributed by atoms with Crippen molar-refractivity contribution in [2.24, 2.45) is 0 Å². The van der Waals surface area contributed by atoms with E-state index < -0.39 is 0 Å². The highest BCUT2D eigenvalue weighted by molar-refractivity contribution is 5.94. The summed E-state index contributed by atoms with van der Waals surface area (Å²) >= 11 is 0. The van der Waals surface area contributed by atoms with Crippen LogP contribution in [0.5, 0.6) is 0 Å². The van der Waals surface area contributed by atoms with E-state index in [0.717, 1.165) is 35.3 Å². The van der Waals surface area contributed by atoms with Crippen molar-refractivity contribution in [1.29, 1.82) is 0 Å². The van der Waals surface area contributed by atoms with Crippen molar-refractivity contribution >= 4 is 28.2 Å². The molecule has 0 fully saturated rings. The first kappa shape index (κ1) is 19.4. The van der Waals surface area contributed by atoms with Gasteiger partial charge in [0.25, 0.3) is 5.91 Å². The first-order valence-electron chi connectivity index (χ1n) is 11.0. The van der Waals surface area contributed by atoms with Gasteiger partial charge in [0.1, 0.15) is 0 Å². The Morgan fingerprint density at radius 2 is 2.03 bits per heavy atom. The van der Waals surface area contributed by atoms with Gasteiger partial charge in [-0.05, 0) is 42.5 Å². The van der Waals surface area contributed by atoms with Gasteiger partial charge in [-0.15, -0.1) is 0 Å². The second-order valence-electron chi connectivity index (χ2n) is 8.27. The average molecular weight is 438 g/mol. The molecule has 0 atom stereocenters. The van der Waals surface area contributed by atoms with Crippen LogP contribution in [0.25, 0.3) is 16.6 Å². The number of H-pyrrole nitrogens is 2. The molecule has 33 heavy (non-hydrogen) atoms. The molecule has 3 N–H and O–H groups in total. The van der Waals surface area contributed by atoms with Crippen molar-refractivity contribution in [3.63, 3.8) is 0 Å². The van der Waals surface area contributed by atoms with Crippen molar-refractivity contribution < 1.29 is 4.79 Å². The molecule has 164 valence electrons. The summed E-state index contributed by atoms with van der Waals surface area (Å²) in [6.45, 7) is 2.06. The number of carbonyl (C=O) groups is 1. The third-order valence-electron chi connectivity index (χ3n) is 6.22.